The van der Waals surface area contributed by atoms with Crippen molar-refractivity contribution in [2.24, 2.45) is 0 Å². The Balaban J connectivity index is 1.53. The van der Waals surface area contributed by atoms with Crippen molar-refractivity contribution in [3.8, 4) is 11.2 Å². The van der Waals surface area contributed by atoms with Crippen LogP contribution in [0.1, 0.15) is 55.6 Å². The van der Waals surface area contributed by atoms with Crippen molar-refractivity contribution in [2.45, 2.75) is 59.5 Å². The second kappa shape index (κ2) is 11.5. The standard InChI is InChI=1S/C40H36S/c1-5-17-31(18-6-1)40-38-27-15-13-25-35(38)37(36-26-14-16-28-39(36)40)29-30-41(32-19-7-2-8-20-32,33-21-9-3-10-22-33)34-23-11-4-12-24-34/h2-4,7-16,19-23,25-28,31,34H,1,5-6,17-18,24H2. The van der Waals surface area contributed by atoms with Gasteiger partial charge in [0.2, 0.25) is 0 Å². The average Bonchev–Trinajstić information content (AvgIpc) is 3.06. The highest BCUT2D eigenvalue weighted by molar-refractivity contribution is 8.38. The van der Waals surface area contributed by atoms with Gasteiger partial charge in [0.25, 0.3) is 0 Å². The zero-order valence-corrected chi connectivity index (χ0v) is 24.3. The van der Waals surface area contributed by atoms with Crippen LogP contribution in [0.3, 0.4) is 0 Å². The Morgan fingerprint density at radius 3 is 1.63 bits per heavy atom. The monoisotopic (exact) mass is 548 g/mol. The predicted octanol–water partition coefficient (Wildman–Crippen LogP) is 11.2. The van der Waals surface area contributed by atoms with E-state index in [1.807, 2.05) is 0 Å². The maximum absolute atomic E-state index is 4.08. The molecule has 5 aromatic rings. The number of rotatable bonds is 4. The van der Waals surface area contributed by atoms with Crippen molar-refractivity contribution in [2.75, 3.05) is 0 Å². The molecule has 1 atom stereocenters. The van der Waals surface area contributed by atoms with Gasteiger partial charge in [-0.25, -0.2) is 0 Å². The van der Waals surface area contributed by atoms with Crippen LogP contribution in [-0.2, 0) is 0 Å². The number of hydrogen-bond acceptors (Lipinski definition) is 0. The van der Waals surface area contributed by atoms with Gasteiger partial charge >= 0.3 is 0 Å². The summed E-state index contributed by atoms with van der Waals surface area (Å²) in [5.41, 5.74) is 2.72. The highest BCUT2D eigenvalue weighted by Gasteiger charge is 2.34. The summed E-state index contributed by atoms with van der Waals surface area (Å²) >= 11 is 0. The van der Waals surface area contributed by atoms with Crippen molar-refractivity contribution < 1.29 is 0 Å². The molecule has 41 heavy (non-hydrogen) atoms. The lowest BCUT2D eigenvalue weighted by molar-refractivity contribution is 0.447. The summed E-state index contributed by atoms with van der Waals surface area (Å²) in [4.78, 5) is 2.66. The van der Waals surface area contributed by atoms with Gasteiger partial charge in [0, 0.05) is 20.6 Å². The van der Waals surface area contributed by atoms with Crippen molar-refractivity contribution in [3.05, 3.63) is 145 Å². The molecule has 1 fully saturated rings. The molecule has 0 saturated heterocycles. The molecule has 202 valence electrons. The minimum atomic E-state index is -1.72. The zero-order chi connectivity index (χ0) is 27.5. The molecule has 7 rings (SSSR count). The van der Waals surface area contributed by atoms with Gasteiger partial charge in [0.1, 0.15) is 0 Å². The lowest BCUT2D eigenvalue weighted by Gasteiger charge is -2.42. The summed E-state index contributed by atoms with van der Waals surface area (Å²) in [6, 6.07) is 40.2. The lowest BCUT2D eigenvalue weighted by Crippen LogP contribution is -2.17. The molecule has 5 aromatic carbocycles. The number of fused-ring (bicyclic) bond motifs is 2. The third kappa shape index (κ3) is 4.71. The Labute approximate surface area is 246 Å². The minimum Gasteiger partial charge on any atom is -0.116 e. The maximum Gasteiger partial charge on any atom is 0.0411 e. The molecular formula is C40H36S. The molecule has 1 unspecified atom stereocenters. The zero-order valence-electron chi connectivity index (χ0n) is 23.5. The minimum absolute atomic E-state index is 0.309. The normalized spacial score (nSPS) is 17.8. The molecule has 0 nitrogen and oxygen atoms in total. The molecular weight excluding hydrogens is 513 g/mol. The van der Waals surface area contributed by atoms with Gasteiger partial charge < -0.3 is 0 Å². The topological polar surface area (TPSA) is 0 Å². The summed E-state index contributed by atoms with van der Waals surface area (Å²) in [5, 5.41) is 9.77. The number of benzene rings is 5. The lowest BCUT2D eigenvalue weighted by atomic mass is 9.78. The fraction of sp³-hybridized carbons (Fsp3) is 0.200. The first kappa shape index (κ1) is 25.9. The molecule has 0 bridgehead atoms. The molecule has 2 aliphatic rings. The first-order valence-corrected chi connectivity index (χ1v) is 16.8. The van der Waals surface area contributed by atoms with E-state index >= 15 is 0 Å². The predicted molar refractivity (Wildman–Crippen MR) is 178 cm³/mol. The molecule has 0 N–H and O–H groups in total. The fourth-order valence-corrected chi connectivity index (χ4v) is 10.5. The summed E-state index contributed by atoms with van der Waals surface area (Å²) in [6.07, 6.45) is 16.7. The van der Waals surface area contributed by atoms with Gasteiger partial charge in [-0.15, -0.1) is 10.0 Å². The van der Waals surface area contributed by atoms with E-state index in [0.29, 0.717) is 11.2 Å². The van der Waals surface area contributed by atoms with Crippen LogP contribution in [0.2, 0.25) is 0 Å². The van der Waals surface area contributed by atoms with Crippen molar-refractivity contribution in [3.63, 3.8) is 0 Å². The van der Waals surface area contributed by atoms with E-state index < -0.39 is 10.0 Å². The summed E-state index contributed by atoms with van der Waals surface area (Å²) in [7, 11) is -1.72. The molecule has 2 aliphatic carbocycles. The molecule has 0 radical (unpaired) electrons. The van der Waals surface area contributed by atoms with Crippen molar-refractivity contribution in [1.82, 2.24) is 0 Å². The van der Waals surface area contributed by atoms with E-state index in [1.54, 1.807) is 5.56 Å². The van der Waals surface area contributed by atoms with Crippen molar-refractivity contribution in [1.29, 1.82) is 0 Å². The Hall–Kier alpha value is -3.99. The van der Waals surface area contributed by atoms with Gasteiger partial charge in [-0.05, 0) is 81.8 Å². The first-order valence-electron chi connectivity index (χ1n) is 15.1. The van der Waals surface area contributed by atoms with Crippen LogP contribution in [0, 0.1) is 11.2 Å². The molecule has 0 amide bonds. The van der Waals surface area contributed by atoms with Crippen LogP contribution in [0.25, 0.3) is 21.5 Å². The number of hydrogen-bond donors (Lipinski definition) is 0. The molecule has 0 spiro atoms. The molecule has 0 aliphatic heterocycles. The molecule has 1 saturated carbocycles. The summed E-state index contributed by atoms with van der Waals surface area (Å²) in [6.45, 7) is 0. The van der Waals surface area contributed by atoms with E-state index in [2.05, 4.69) is 145 Å². The van der Waals surface area contributed by atoms with Crippen LogP contribution >= 0.6 is 10.0 Å². The second-order valence-electron chi connectivity index (χ2n) is 11.3. The largest absolute Gasteiger partial charge is 0.116 e. The smallest absolute Gasteiger partial charge is 0.0411 e. The Morgan fingerprint density at radius 1 is 0.561 bits per heavy atom. The first-order chi connectivity index (χ1) is 20.4. The average molecular weight is 549 g/mol. The summed E-state index contributed by atoms with van der Waals surface area (Å²) < 4.78 is 0. The van der Waals surface area contributed by atoms with E-state index in [1.165, 1.54) is 69.0 Å². The van der Waals surface area contributed by atoms with Gasteiger partial charge in [0.05, 0.1) is 0 Å². The quantitative estimate of drug-likeness (QED) is 0.155. The summed E-state index contributed by atoms with van der Waals surface area (Å²) in [5.74, 6) is 4.55. The second-order valence-corrected chi connectivity index (χ2v) is 14.4. The van der Waals surface area contributed by atoms with Gasteiger partial charge in [-0.3, -0.25) is 0 Å². The van der Waals surface area contributed by atoms with Crippen molar-refractivity contribution >= 4 is 31.6 Å². The van der Waals surface area contributed by atoms with E-state index in [0.717, 1.165) is 6.42 Å². The third-order valence-corrected chi connectivity index (χ3v) is 12.7. The fourth-order valence-electron chi connectivity index (χ4n) is 7.03. The third-order valence-electron chi connectivity index (χ3n) is 8.95. The van der Waals surface area contributed by atoms with Crippen LogP contribution in [0.4, 0.5) is 0 Å². The molecule has 0 aromatic heterocycles. The highest BCUT2D eigenvalue weighted by Crippen LogP contribution is 2.66. The number of allylic oxidation sites excluding steroid dienone is 3. The van der Waals surface area contributed by atoms with Gasteiger partial charge in [-0.2, -0.15) is 0 Å². The van der Waals surface area contributed by atoms with Crippen LogP contribution < -0.4 is 0 Å². The highest BCUT2D eigenvalue weighted by atomic mass is 32.3. The molecule has 0 heterocycles. The SMILES string of the molecule is C(#CS(c1ccccc1)(c1ccccc1)C1C=CC=CC1)c1c2ccccc2c(C2CCCCC2)c2ccccc12. The van der Waals surface area contributed by atoms with Gasteiger partial charge in [-0.1, -0.05) is 134 Å². The maximum atomic E-state index is 4.08. The van der Waals surface area contributed by atoms with E-state index in [9.17, 15) is 0 Å². The Morgan fingerprint density at radius 2 is 1.10 bits per heavy atom. The van der Waals surface area contributed by atoms with E-state index in [4.69, 9.17) is 0 Å². The molecule has 1 heteroatoms. The Kier molecular flexibility index (Phi) is 7.26. The van der Waals surface area contributed by atoms with Crippen LogP contribution in [-0.4, -0.2) is 5.25 Å². The van der Waals surface area contributed by atoms with E-state index in [-0.39, 0.29) is 0 Å². The van der Waals surface area contributed by atoms with Gasteiger partial charge in [0.15, 0.2) is 0 Å². The van der Waals surface area contributed by atoms with Crippen LogP contribution in [0.15, 0.2) is 143 Å². The Bertz CT molecular complexity index is 1700. The van der Waals surface area contributed by atoms with Crippen LogP contribution in [0.5, 0.6) is 0 Å².